The van der Waals surface area contributed by atoms with Crippen molar-refractivity contribution in [2.75, 3.05) is 32.7 Å². The van der Waals surface area contributed by atoms with E-state index in [0.29, 0.717) is 18.4 Å². The molecule has 2 fully saturated rings. The molecule has 3 unspecified atom stereocenters. The Bertz CT molecular complexity index is 2150. The maximum Gasteiger partial charge on any atom is 0.245 e. The third-order valence-corrected chi connectivity index (χ3v) is 13.5. The number of hydrogen-bond acceptors (Lipinski definition) is 17. The normalized spacial score (nSPS) is 26.2. The summed E-state index contributed by atoms with van der Waals surface area (Å²) in [5.74, 6) is -8.82. The Morgan fingerprint density at radius 1 is 0.603 bits per heavy atom. The molecule has 27 heteroatoms. The van der Waals surface area contributed by atoms with Crippen molar-refractivity contribution in [2.45, 2.75) is 177 Å². The highest BCUT2D eigenvalue weighted by molar-refractivity contribution is 5.99. The van der Waals surface area contributed by atoms with Crippen LogP contribution in [0.2, 0.25) is 0 Å². The molecule has 1 aliphatic carbocycles. The van der Waals surface area contributed by atoms with Gasteiger partial charge < -0.3 is 92.0 Å². The summed E-state index contributed by atoms with van der Waals surface area (Å²) in [5.41, 5.74) is 30.1. The Morgan fingerprint density at radius 3 is 1.62 bits per heavy atom. The molecule has 22 N–H and O–H groups in total. The average Bonchev–Trinajstić information content (AvgIpc) is 3.38. The van der Waals surface area contributed by atoms with Crippen molar-refractivity contribution in [3.8, 4) is 0 Å². The van der Waals surface area contributed by atoms with Crippen molar-refractivity contribution >= 4 is 59.1 Å². The van der Waals surface area contributed by atoms with Crippen molar-refractivity contribution in [2.24, 2.45) is 40.5 Å². The summed E-state index contributed by atoms with van der Waals surface area (Å²) < 4.78 is 0. The summed E-state index contributed by atoms with van der Waals surface area (Å²) in [7, 11) is 0. The predicted octanol–water partition coefficient (Wildman–Crippen LogP) is -5.78. The largest absolute Gasteiger partial charge is 0.391 e. The first-order valence-corrected chi connectivity index (χ1v) is 27.0. The van der Waals surface area contributed by atoms with Crippen LogP contribution in [0.3, 0.4) is 0 Å². The van der Waals surface area contributed by atoms with E-state index >= 15 is 0 Å². The minimum absolute atomic E-state index is 0.0208. The second-order valence-corrected chi connectivity index (χ2v) is 20.6. The summed E-state index contributed by atoms with van der Waals surface area (Å²) in [6.07, 6.45) is -1.11. The first-order valence-electron chi connectivity index (χ1n) is 27.0. The summed E-state index contributed by atoms with van der Waals surface area (Å²) >= 11 is 0. The van der Waals surface area contributed by atoms with Gasteiger partial charge in [0.25, 0.3) is 0 Å². The highest BCUT2D eigenvalue weighted by Gasteiger charge is 2.37. The number of hydrogen-bond donors (Lipinski definition) is 17. The zero-order valence-electron chi connectivity index (χ0n) is 45.4. The van der Waals surface area contributed by atoms with Gasteiger partial charge in [0, 0.05) is 25.4 Å². The second kappa shape index (κ2) is 33.8. The molecule has 0 radical (unpaired) electrons. The zero-order chi connectivity index (χ0) is 58.1. The molecule has 3 rings (SSSR count). The molecule has 0 aromatic heterocycles. The molecule has 11 atom stereocenters. The molecule has 1 heterocycles. The molecule has 1 aliphatic heterocycles. The van der Waals surface area contributed by atoms with Crippen LogP contribution in [-0.4, -0.2) is 175 Å². The number of rotatable bonds is 21. The van der Waals surface area contributed by atoms with E-state index < -0.39 is 139 Å². The fraction of sp³-hybridized carbons (Fsp3) is 0.686. The van der Waals surface area contributed by atoms with Gasteiger partial charge in [0.15, 0.2) is 0 Å². The third-order valence-electron chi connectivity index (χ3n) is 13.5. The molecule has 1 aromatic carbocycles. The highest BCUT2D eigenvalue weighted by atomic mass is 16.3. The maximum absolute atomic E-state index is 14.4. The minimum Gasteiger partial charge on any atom is -0.391 e. The fourth-order valence-electron chi connectivity index (χ4n) is 9.07. The molecule has 1 aromatic rings. The van der Waals surface area contributed by atoms with E-state index in [4.69, 9.17) is 28.7 Å². The summed E-state index contributed by atoms with van der Waals surface area (Å²) in [6, 6.07) is -4.47. The molecule has 2 aliphatic rings. The number of amides is 10. The van der Waals surface area contributed by atoms with Gasteiger partial charge in [0.1, 0.15) is 54.4 Å². The summed E-state index contributed by atoms with van der Waals surface area (Å²) in [5, 5.41) is 47.1. The number of nitrogens with two attached hydrogens (primary N) is 5. The topological polar surface area (TPSA) is 462 Å². The Labute approximate surface area is 455 Å². The van der Waals surface area contributed by atoms with Crippen LogP contribution in [-0.2, 0) is 54.4 Å². The molecule has 10 amide bonds. The lowest BCUT2D eigenvalue weighted by Gasteiger charge is -2.29. The van der Waals surface area contributed by atoms with Crippen LogP contribution in [0.1, 0.15) is 104 Å². The number of benzene rings is 1. The Morgan fingerprint density at radius 2 is 1.10 bits per heavy atom. The first kappa shape index (κ1) is 65.9. The first-order chi connectivity index (χ1) is 37.0. The van der Waals surface area contributed by atoms with E-state index in [1.54, 1.807) is 44.2 Å². The molecule has 1 saturated carbocycles. The summed E-state index contributed by atoms with van der Waals surface area (Å²) in [4.78, 5) is 140. The molecular weight excluding hydrogens is 1010 g/mol. The van der Waals surface area contributed by atoms with Crippen LogP contribution in [0, 0.1) is 11.8 Å². The van der Waals surface area contributed by atoms with Crippen LogP contribution in [0.4, 0.5) is 0 Å². The Balaban J connectivity index is 2.08. The summed E-state index contributed by atoms with van der Waals surface area (Å²) in [6.45, 7) is 5.08. The molecule has 0 bridgehead atoms. The van der Waals surface area contributed by atoms with Gasteiger partial charge in [-0.1, -0.05) is 44.2 Å². The van der Waals surface area contributed by atoms with Crippen LogP contribution >= 0.6 is 0 Å². The Kier molecular flexibility index (Phi) is 28.6. The van der Waals surface area contributed by atoms with Gasteiger partial charge >= 0.3 is 0 Å². The van der Waals surface area contributed by atoms with E-state index in [2.05, 4.69) is 53.2 Å². The zero-order valence-corrected chi connectivity index (χ0v) is 45.4. The lowest BCUT2D eigenvalue weighted by Crippen LogP contribution is -2.61. The lowest BCUT2D eigenvalue weighted by molar-refractivity contribution is -0.136. The van der Waals surface area contributed by atoms with E-state index in [-0.39, 0.29) is 89.0 Å². The number of nitrogens with one attached hydrogen (secondary N) is 10. The van der Waals surface area contributed by atoms with Gasteiger partial charge in [-0.15, -0.1) is 0 Å². The average molecular weight is 1100 g/mol. The fourth-order valence-corrected chi connectivity index (χ4v) is 9.07. The Hall–Kier alpha value is -6.36. The number of carbonyl (C=O) groups excluding carboxylic acids is 10. The van der Waals surface area contributed by atoms with Gasteiger partial charge in [-0.05, 0) is 122 Å². The van der Waals surface area contributed by atoms with E-state index in [9.17, 15) is 58.2 Å². The van der Waals surface area contributed by atoms with Crippen molar-refractivity contribution in [3.05, 3.63) is 35.9 Å². The van der Waals surface area contributed by atoms with Crippen LogP contribution < -0.4 is 81.8 Å². The van der Waals surface area contributed by atoms with Crippen molar-refractivity contribution in [1.29, 1.82) is 0 Å². The predicted molar refractivity (Wildman–Crippen MR) is 287 cm³/mol. The van der Waals surface area contributed by atoms with Gasteiger partial charge in [-0.3, -0.25) is 47.9 Å². The van der Waals surface area contributed by atoms with E-state index in [0.717, 1.165) is 12.8 Å². The highest BCUT2D eigenvalue weighted by Crippen LogP contribution is 2.26. The van der Waals surface area contributed by atoms with Crippen LogP contribution in [0.25, 0.3) is 0 Å². The van der Waals surface area contributed by atoms with E-state index in [1.807, 2.05) is 0 Å². The number of carbonyl (C=O) groups is 10. The smallest absolute Gasteiger partial charge is 0.245 e. The van der Waals surface area contributed by atoms with E-state index in [1.165, 1.54) is 13.8 Å². The molecule has 78 heavy (non-hydrogen) atoms. The molecular formula is C51H87N15O12. The van der Waals surface area contributed by atoms with Crippen molar-refractivity contribution in [1.82, 2.24) is 53.2 Å². The van der Waals surface area contributed by atoms with Gasteiger partial charge in [0.05, 0.1) is 12.2 Å². The SMILES string of the molecule is CC(C)C[C@@H]1NC(=O)[C@@H](Cc2ccccc2)NC(=O)[C@H](CCN)NC(=O)[C@@H](NC(=O)[C@H](CCN)NC(=O)[C@@H](NC(=O)CC2CCC(N)CC2)C(C)O)CCNC(=O)C(C(C)O)NC(=O)[C@H](CCN)NC(=O)[C@H](CCN)NC1=O. The van der Waals surface area contributed by atoms with Crippen LogP contribution in [0.15, 0.2) is 30.3 Å². The molecule has 0 spiro atoms. The van der Waals surface area contributed by atoms with Crippen LogP contribution in [0.5, 0.6) is 0 Å². The standard InChI is InChI=1S/C51H87N15O12/c1-27(2)24-38-48(75)60-33(14-19-52)43(70)59-36(17-22-55)47(74)66-41(28(3)67)50(77)57-23-18-37(46(73)58-34(15-20-53)45(72)64-39(49(76)63-38)25-30-8-6-5-7-9-30)61-44(71)35(16-21-54)62-51(78)42(29(4)68)65-40(69)26-31-10-12-32(56)13-11-31/h5-9,27-29,31-39,41-42,67-68H,10-26,52-56H2,1-4H3,(H,57,77)(H,58,73)(H,59,70)(H,60,75)(H,61,71)(H,62,78)(H,63,76)(H,64,72)(H,65,69)(H,66,74)/t28?,29?,31?,32?,33-,34-,35-,36-,37-,38-,39+,41?,42-/m0/s1. The third kappa shape index (κ3) is 22.2. The monoisotopic (exact) mass is 1100 g/mol. The number of aliphatic hydroxyl groups excluding tert-OH is 2. The maximum atomic E-state index is 14.4. The lowest BCUT2D eigenvalue weighted by atomic mass is 9.84. The molecule has 27 nitrogen and oxygen atoms in total. The quantitative estimate of drug-likeness (QED) is 0.0545. The number of aliphatic hydroxyl groups is 2. The minimum atomic E-state index is -1.66. The van der Waals surface area contributed by atoms with Gasteiger partial charge in [-0.2, -0.15) is 0 Å². The molecule has 438 valence electrons. The van der Waals surface area contributed by atoms with Gasteiger partial charge in [0.2, 0.25) is 59.1 Å². The second-order valence-electron chi connectivity index (χ2n) is 20.6. The van der Waals surface area contributed by atoms with Gasteiger partial charge in [-0.25, -0.2) is 0 Å². The van der Waals surface area contributed by atoms with Crippen molar-refractivity contribution in [3.63, 3.8) is 0 Å². The van der Waals surface area contributed by atoms with Crippen molar-refractivity contribution < 1.29 is 58.2 Å². The molecule has 1 saturated heterocycles.